The molecule has 2 aromatic rings. The molecule has 0 bridgehead atoms. The van der Waals surface area contributed by atoms with Crippen molar-refractivity contribution in [2.45, 2.75) is 49.3 Å². The summed E-state index contributed by atoms with van der Waals surface area (Å²) in [5.74, 6) is 0.429. The van der Waals surface area contributed by atoms with Crippen LogP contribution in [0.2, 0.25) is 0 Å². The summed E-state index contributed by atoms with van der Waals surface area (Å²) < 4.78 is 27.7. The highest BCUT2D eigenvalue weighted by Gasteiger charge is 2.22. The number of sulfonamides is 1. The molecule has 140 valence electrons. The highest BCUT2D eigenvalue weighted by atomic mass is 32.2. The number of hydrogen-bond donors (Lipinski definition) is 2. The molecule has 1 aliphatic rings. The highest BCUT2D eigenvalue weighted by molar-refractivity contribution is 7.94. The second-order valence-electron chi connectivity index (χ2n) is 6.84. The predicted octanol–water partition coefficient (Wildman–Crippen LogP) is 4.25. The molecule has 26 heavy (non-hydrogen) atoms. The van der Waals surface area contributed by atoms with Crippen LogP contribution in [0.1, 0.15) is 49.4 Å². The van der Waals surface area contributed by atoms with Crippen molar-refractivity contribution in [1.29, 1.82) is 0 Å². The Morgan fingerprint density at radius 3 is 2.62 bits per heavy atom. The van der Waals surface area contributed by atoms with E-state index in [1.54, 1.807) is 41.8 Å². The van der Waals surface area contributed by atoms with E-state index < -0.39 is 10.0 Å². The molecule has 0 spiro atoms. The Bertz CT molecular complexity index is 841. The number of para-hydroxylation sites is 1. The third-order valence-electron chi connectivity index (χ3n) is 4.72. The van der Waals surface area contributed by atoms with Gasteiger partial charge in [0, 0.05) is 6.04 Å². The molecule has 1 amide bonds. The SMILES string of the molecule is C[C@@H](CC1CCCC1)NC(=O)c1ccccc1NS(=O)(=O)c1cccs1. The van der Waals surface area contributed by atoms with Crippen molar-refractivity contribution in [2.75, 3.05) is 4.72 Å². The monoisotopic (exact) mass is 392 g/mol. The van der Waals surface area contributed by atoms with E-state index >= 15 is 0 Å². The summed E-state index contributed by atoms with van der Waals surface area (Å²) in [7, 11) is -3.68. The third kappa shape index (κ3) is 4.65. The van der Waals surface area contributed by atoms with Gasteiger partial charge < -0.3 is 5.32 Å². The fourth-order valence-electron chi connectivity index (χ4n) is 3.49. The molecule has 7 heteroatoms. The number of amides is 1. The van der Waals surface area contributed by atoms with Crippen molar-refractivity contribution in [2.24, 2.45) is 5.92 Å². The van der Waals surface area contributed by atoms with Crippen molar-refractivity contribution in [3.05, 3.63) is 47.3 Å². The van der Waals surface area contributed by atoms with Gasteiger partial charge in [-0.3, -0.25) is 9.52 Å². The molecule has 0 radical (unpaired) electrons. The Morgan fingerprint density at radius 1 is 1.19 bits per heavy atom. The van der Waals surface area contributed by atoms with Crippen molar-refractivity contribution < 1.29 is 13.2 Å². The first kappa shape index (κ1) is 18.9. The maximum Gasteiger partial charge on any atom is 0.271 e. The van der Waals surface area contributed by atoms with Crippen LogP contribution in [0.5, 0.6) is 0 Å². The molecule has 1 aliphatic carbocycles. The molecule has 1 fully saturated rings. The van der Waals surface area contributed by atoms with Gasteiger partial charge in [-0.1, -0.05) is 43.9 Å². The first-order valence-corrected chi connectivity index (χ1v) is 11.3. The fourth-order valence-corrected chi connectivity index (χ4v) is 5.56. The lowest BCUT2D eigenvalue weighted by atomic mass is 9.99. The van der Waals surface area contributed by atoms with E-state index in [9.17, 15) is 13.2 Å². The number of carbonyl (C=O) groups excluding carboxylic acids is 1. The molecular weight excluding hydrogens is 368 g/mol. The minimum absolute atomic E-state index is 0.0626. The minimum Gasteiger partial charge on any atom is -0.350 e. The molecule has 0 unspecified atom stereocenters. The summed E-state index contributed by atoms with van der Waals surface area (Å²) >= 11 is 1.14. The summed E-state index contributed by atoms with van der Waals surface area (Å²) in [6.45, 7) is 2.01. The van der Waals surface area contributed by atoms with Gasteiger partial charge in [0.05, 0.1) is 11.3 Å². The molecule has 1 heterocycles. The molecule has 1 saturated carbocycles. The van der Waals surface area contributed by atoms with Gasteiger partial charge in [-0.05, 0) is 42.8 Å². The number of benzene rings is 1. The third-order valence-corrected chi connectivity index (χ3v) is 7.48. The molecule has 1 aromatic heterocycles. The Kier molecular flexibility index (Phi) is 5.98. The van der Waals surface area contributed by atoms with Crippen LogP contribution in [0, 0.1) is 5.92 Å². The van der Waals surface area contributed by atoms with Crippen LogP contribution in [0.15, 0.2) is 46.0 Å². The van der Waals surface area contributed by atoms with Gasteiger partial charge in [0.15, 0.2) is 0 Å². The zero-order valence-electron chi connectivity index (χ0n) is 14.8. The van der Waals surface area contributed by atoms with E-state index in [-0.39, 0.29) is 16.2 Å². The van der Waals surface area contributed by atoms with Gasteiger partial charge in [-0.2, -0.15) is 0 Å². The number of hydrogen-bond acceptors (Lipinski definition) is 4. The summed E-state index contributed by atoms with van der Waals surface area (Å²) in [6, 6.07) is 9.99. The van der Waals surface area contributed by atoms with E-state index in [1.807, 2.05) is 6.92 Å². The van der Waals surface area contributed by atoms with Crippen molar-refractivity contribution in [1.82, 2.24) is 5.32 Å². The Hall–Kier alpha value is -1.86. The summed E-state index contributed by atoms with van der Waals surface area (Å²) in [5, 5.41) is 4.72. The van der Waals surface area contributed by atoms with Crippen molar-refractivity contribution in [3.8, 4) is 0 Å². The van der Waals surface area contributed by atoms with E-state index in [2.05, 4.69) is 10.0 Å². The first-order valence-electron chi connectivity index (χ1n) is 8.92. The molecule has 1 atom stereocenters. The van der Waals surface area contributed by atoms with Crippen LogP contribution in [-0.4, -0.2) is 20.4 Å². The van der Waals surface area contributed by atoms with E-state index in [0.29, 0.717) is 17.2 Å². The highest BCUT2D eigenvalue weighted by Crippen LogP contribution is 2.29. The van der Waals surface area contributed by atoms with E-state index in [1.165, 1.54) is 25.7 Å². The quantitative estimate of drug-likeness (QED) is 0.740. The van der Waals surface area contributed by atoms with Crippen molar-refractivity contribution in [3.63, 3.8) is 0 Å². The van der Waals surface area contributed by atoms with Crippen LogP contribution in [0.25, 0.3) is 0 Å². The maximum atomic E-state index is 12.7. The van der Waals surface area contributed by atoms with Gasteiger partial charge in [-0.15, -0.1) is 11.3 Å². The normalized spacial score (nSPS) is 16.3. The fraction of sp³-hybridized carbons (Fsp3) is 0.421. The van der Waals surface area contributed by atoms with Crippen LogP contribution in [-0.2, 0) is 10.0 Å². The first-order chi connectivity index (χ1) is 12.5. The van der Waals surface area contributed by atoms with Crippen LogP contribution in [0.3, 0.4) is 0 Å². The average molecular weight is 393 g/mol. The molecule has 3 rings (SSSR count). The van der Waals surface area contributed by atoms with E-state index in [0.717, 1.165) is 17.8 Å². The van der Waals surface area contributed by atoms with Gasteiger partial charge in [0.2, 0.25) is 0 Å². The number of carbonyl (C=O) groups is 1. The minimum atomic E-state index is -3.68. The lowest BCUT2D eigenvalue weighted by Crippen LogP contribution is -2.34. The van der Waals surface area contributed by atoms with Crippen LogP contribution >= 0.6 is 11.3 Å². The second kappa shape index (κ2) is 8.22. The lowest BCUT2D eigenvalue weighted by Gasteiger charge is -2.19. The van der Waals surface area contributed by atoms with Gasteiger partial charge in [0.25, 0.3) is 15.9 Å². The topological polar surface area (TPSA) is 75.3 Å². The zero-order valence-corrected chi connectivity index (χ0v) is 16.4. The Labute approximate surface area is 158 Å². The Balaban J connectivity index is 1.71. The van der Waals surface area contributed by atoms with Crippen LogP contribution < -0.4 is 10.0 Å². The lowest BCUT2D eigenvalue weighted by molar-refractivity contribution is 0.0936. The molecule has 0 aliphatic heterocycles. The summed E-state index contributed by atoms with van der Waals surface area (Å²) in [6.07, 6.45) is 5.99. The van der Waals surface area contributed by atoms with Crippen molar-refractivity contribution >= 4 is 33.0 Å². The van der Waals surface area contributed by atoms with Crippen LogP contribution in [0.4, 0.5) is 5.69 Å². The molecule has 0 saturated heterocycles. The number of thiophene rings is 1. The van der Waals surface area contributed by atoms with E-state index in [4.69, 9.17) is 0 Å². The summed E-state index contributed by atoms with van der Waals surface area (Å²) in [5.41, 5.74) is 0.636. The predicted molar refractivity (Wildman–Crippen MR) is 105 cm³/mol. The zero-order chi connectivity index (χ0) is 18.6. The standard InChI is InChI=1S/C19H24N2O3S2/c1-14(13-15-7-2-3-8-15)20-19(22)16-9-4-5-10-17(16)21-26(23,24)18-11-6-12-25-18/h4-6,9-12,14-15,21H,2-3,7-8,13H2,1H3,(H,20,22)/t14-/m0/s1. The summed E-state index contributed by atoms with van der Waals surface area (Å²) in [4.78, 5) is 12.7. The van der Waals surface area contributed by atoms with Gasteiger partial charge >= 0.3 is 0 Å². The maximum absolute atomic E-state index is 12.7. The largest absolute Gasteiger partial charge is 0.350 e. The molecule has 1 aromatic carbocycles. The number of anilines is 1. The molecule has 5 nitrogen and oxygen atoms in total. The van der Waals surface area contributed by atoms with Gasteiger partial charge in [-0.25, -0.2) is 8.42 Å². The molecule has 2 N–H and O–H groups in total. The molecular formula is C19H24N2O3S2. The second-order valence-corrected chi connectivity index (χ2v) is 9.70. The average Bonchev–Trinajstić information content (AvgIpc) is 3.28. The van der Waals surface area contributed by atoms with Gasteiger partial charge in [0.1, 0.15) is 4.21 Å². The number of nitrogens with one attached hydrogen (secondary N) is 2. The number of rotatable bonds is 7. The smallest absolute Gasteiger partial charge is 0.271 e. The Morgan fingerprint density at radius 2 is 1.92 bits per heavy atom.